The molecule has 7 nitrogen and oxygen atoms in total. The van der Waals surface area contributed by atoms with Gasteiger partial charge in [-0.25, -0.2) is 9.50 Å². The number of hydrogen-bond acceptors (Lipinski definition) is 5. The molecule has 0 atom stereocenters. The van der Waals surface area contributed by atoms with Crippen LogP contribution in [-0.2, 0) is 0 Å². The molecule has 0 aliphatic rings. The van der Waals surface area contributed by atoms with Crippen molar-refractivity contribution in [1.29, 1.82) is 0 Å². The molecule has 0 saturated carbocycles. The molecule has 29 heavy (non-hydrogen) atoms. The van der Waals surface area contributed by atoms with Gasteiger partial charge < -0.3 is 14.2 Å². The van der Waals surface area contributed by atoms with E-state index in [0.717, 1.165) is 16.8 Å². The molecule has 4 rings (SSSR count). The highest BCUT2D eigenvalue weighted by Gasteiger charge is 2.18. The third kappa shape index (κ3) is 3.10. The van der Waals surface area contributed by atoms with Crippen LogP contribution in [0.15, 0.2) is 53.3 Å². The van der Waals surface area contributed by atoms with Gasteiger partial charge in [-0.05, 0) is 24.6 Å². The van der Waals surface area contributed by atoms with Gasteiger partial charge in [0, 0.05) is 22.9 Å². The van der Waals surface area contributed by atoms with E-state index in [-0.39, 0.29) is 5.56 Å². The summed E-state index contributed by atoms with van der Waals surface area (Å²) in [6.45, 7) is 1.93. The number of nitrogens with zero attached hydrogens (tertiary/aromatic N) is 2. The van der Waals surface area contributed by atoms with Crippen LogP contribution in [0.3, 0.4) is 0 Å². The Labute approximate surface area is 167 Å². The fourth-order valence-corrected chi connectivity index (χ4v) is 3.48. The highest BCUT2D eigenvalue weighted by molar-refractivity contribution is 5.81. The number of methoxy groups -OCH3 is 3. The Morgan fingerprint density at radius 1 is 0.897 bits per heavy atom. The van der Waals surface area contributed by atoms with Gasteiger partial charge in [-0.3, -0.25) is 9.89 Å². The number of hydrogen-bond donors (Lipinski definition) is 1. The molecule has 0 amide bonds. The van der Waals surface area contributed by atoms with Gasteiger partial charge in [-0.15, -0.1) is 0 Å². The molecule has 2 aromatic heterocycles. The minimum atomic E-state index is -0.205. The van der Waals surface area contributed by atoms with Crippen LogP contribution in [0.1, 0.15) is 5.69 Å². The Bertz CT molecular complexity index is 1220. The summed E-state index contributed by atoms with van der Waals surface area (Å²) in [4.78, 5) is 17.6. The van der Waals surface area contributed by atoms with Crippen molar-refractivity contribution in [1.82, 2.24) is 14.6 Å². The Morgan fingerprint density at radius 3 is 2.14 bits per heavy atom. The van der Waals surface area contributed by atoms with E-state index in [9.17, 15) is 4.79 Å². The zero-order valence-corrected chi connectivity index (χ0v) is 16.6. The third-order valence-electron chi connectivity index (χ3n) is 4.82. The van der Waals surface area contributed by atoms with Crippen LogP contribution in [0.2, 0.25) is 0 Å². The van der Waals surface area contributed by atoms with Gasteiger partial charge in [0.1, 0.15) is 0 Å². The van der Waals surface area contributed by atoms with Gasteiger partial charge in [0.2, 0.25) is 5.75 Å². The first-order valence-corrected chi connectivity index (χ1v) is 9.05. The summed E-state index contributed by atoms with van der Waals surface area (Å²) in [5, 5.41) is 3.11. The van der Waals surface area contributed by atoms with Crippen molar-refractivity contribution in [3.8, 4) is 39.6 Å². The summed E-state index contributed by atoms with van der Waals surface area (Å²) in [6, 6.07) is 14.9. The monoisotopic (exact) mass is 391 g/mol. The Balaban J connectivity index is 1.98. The molecular formula is C22H21N3O4. The van der Waals surface area contributed by atoms with E-state index in [1.807, 2.05) is 37.3 Å². The third-order valence-corrected chi connectivity index (χ3v) is 4.82. The molecule has 1 N–H and O–H groups in total. The van der Waals surface area contributed by atoms with Crippen LogP contribution in [-0.4, -0.2) is 35.9 Å². The summed E-state index contributed by atoms with van der Waals surface area (Å²) in [5.41, 5.74) is 4.30. The normalized spacial score (nSPS) is 10.9. The smallest absolute Gasteiger partial charge is 0.273 e. The number of aromatic amines is 1. The summed E-state index contributed by atoms with van der Waals surface area (Å²) >= 11 is 0. The second-order valence-corrected chi connectivity index (χ2v) is 6.53. The molecule has 0 saturated heterocycles. The summed E-state index contributed by atoms with van der Waals surface area (Å²) in [7, 11) is 4.65. The lowest BCUT2D eigenvalue weighted by atomic mass is 10.1. The second kappa shape index (κ2) is 7.35. The average molecular weight is 391 g/mol. The topological polar surface area (TPSA) is 77.9 Å². The molecule has 0 aliphatic carbocycles. The maximum absolute atomic E-state index is 12.8. The molecule has 0 aliphatic heterocycles. The molecular weight excluding hydrogens is 370 g/mol. The van der Waals surface area contributed by atoms with Crippen molar-refractivity contribution < 1.29 is 14.2 Å². The molecule has 0 bridgehead atoms. The quantitative estimate of drug-likeness (QED) is 0.561. The lowest BCUT2D eigenvalue weighted by molar-refractivity contribution is 0.324. The lowest BCUT2D eigenvalue weighted by Crippen LogP contribution is -2.14. The van der Waals surface area contributed by atoms with E-state index in [4.69, 9.17) is 19.2 Å². The fraction of sp³-hybridized carbons (Fsp3) is 0.182. The van der Waals surface area contributed by atoms with Crippen LogP contribution in [0, 0.1) is 6.92 Å². The molecule has 2 aromatic carbocycles. The molecule has 0 radical (unpaired) electrons. The number of nitrogens with one attached hydrogen (secondary N) is 1. The highest BCUT2D eigenvalue weighted by Crippen LogP contribution is 2.41. The lowest BCUT2D eigenvalue weighted by Gasteiger charge is -2.14. The number of ether oxygens (including phenoxy) is 3. The highest BCUT2D eigenvalue weighted by atomic mass is 16.5. The first-order valence-electron chi connectivity index (χ1n) is 9.05. The maximum atomic E-state index is 12.8. The summed E-state index contributed by atoms with van der Waals surface area (Å²) in [6.07, 6.45) is 0. The van der Waals surface area contributed by atoms with Crippen LogP contribution in [0.4, 0.5) is 0 Å². The Morgan fingerprint density at radius 2 is 1.55 bits per heavy atom. The molecule has 148 valence electrons. The van der Waals surface area contributed by atoms with Crippen molar-refractivity contribution in [3.05, 3.63) is 64.6 Å². The fourth-order valence-electron chi connectivity index (χ4n) is 3.48. The number of fused-ring (bicyclic) bond motifs is 1. The van der Waals surface area contributed by atoms with Gasteiger partial charge in [-0.2, -0.15) is 0 Å². The van der Waals surface area contributed by atoms with E-state index in [2.05, 4.69) is 5.10 Å². The Hall–Kier alpha value is -3.74. The van der Waals surface area contributed by atoms with Crippen LogP contribution < -0.4 is 19.8 Å². The zero-order valence-electron chi connectivity index (χ0n) is 16.6. The van der Waals surface area contributed by atoms with E-state index >= 15 is 0 Å². The van der Waals surface area contributed by atoms with E-state index in [1.165, 1.54) is 10.6 Å². The van der Waals surface area contributed by atoms with E-state index in [0.29, 0.717) is 34.2 Å². The van der Waals surface area contributed by atoms with Gasteiger partial charge in [0.25, 0.3) is 5.56 Å². The SMILES string of the molecule is COc1cc(-c2cc(=O)n3[nH]c(C)c(-c4ccccc4)c3n2)cc(OC)c1OC. The van der Waals surface area contributed by atoms with Gasteiger partial charge in [-0.1, -0.05) is 30.3 Å². The predicted octanol–water partition coefficient (Wildman–Crippen LogP) is 3.69. The average Bonchev–Trinajstić information content (AvgIpc) is 3.09. The van der Waals surface area contributed by atoms with Crippen LogP contribution >= 0.6 is 0 Å². The number of aromatic nitrogens is 3. The van der Waals surface area contributed by atoms with E-state index < -0.39 is 0 Å². The molecule has 7 heteroatoms. The zero-order chi connectivity index (χ0) is 20.5. The minimum absolute atomic E-state index is 0.205. The van der Waals surface area contributed by atoms with Gasteiger partial charge >= 0.3 is 0 Å². The van der Waals surface area contributed by atoms with Gasteiger partial charge in [0.05, 0.1) is 27.0 Å². The largest absolute Gasteiger partial charge is 0.493 e. The predicted molar refractivity (Wildman–Crippen MR) is 111 cm³/mol. The van der Waals surface area contributed by atoms with Crippen LogP contribution in [0.5, 0.6) is 17.2 Å². The molecule has 0 fully saturated rings. The molecule has 0 unspecified atom stereocenters. The van der Waals surface area contributed by atoms with Crippen molar-refractivity contribution in [3.63, 3.8) is 0 Å². The van der Waals surface area contributed by atoms with E-state index in [1.54, 1.807) is 33.5 Å². The Kier molecular flexibility index (Phi) is 4.72. The molecule has 4 aromatic rings. The van der Waals surface area contributed by atoms with Crippen molar-refractivity contribution in [2.45, 2.75) is 6.92 Å². The standard InChI is InChI=1S/C22H21N3O4/c1-13-20(14-8-6-5-7-9-14)22-23-16(12-19(26)25(22)24-13)15-10-17(27-2)21(29-4)18(11-15)28-3/h5-12,24H,1-4H3. The summed E-state index contributed by atoms with van der Waals surface area (Å²) < 4.78 is 17.7. The number of rotatable bonds is 5. The molecule has 2 heterocycles. The van der Waals surface area contributed by atoms with Crippen molar-refractivity contribution in [2.24, 2.45) is 0 Å². The maximum Gasteiger partial charge on any atom is 0.273 e. The van der Waals surface area contributed by atoms with Crippen LogP contribution in [0.25, 0.3) is 28.0 Å². The minimum Gasteiger partial charge on any atom is -0.493 e. The van der Waals surface area contributed by atoms with Crippen molar-refractivity contribution in [2.75, 3.05) is 21.3 Å². The second-order valence-electron chi connectivity index (χ2n) is 6.53. The number of aryl methyl sites for hydroxylation is 1. The first kappa shape index (κ1) is 18.6. The number of H-pyrrole nitrogens is 1. The van der Waals surface area contributed by atoms with Gasteiger partial charge in [0.15, 0.2) is 17.1 Å². The first-order chi connectivity index (χ1) is 14.1. The summed E-state index contributed by atoms with van der Waals surface area (Å²) in [5.74, 6) is 1.48. The molecule has 0 spiro atoms. The number of benzene rings is 2. The van der Waals surface area contributed by atoms with Crippen molar-refractivity contribution >= 4 is 5.65 Å².